The minimum atomic E-state index is -2.35. The van der Waals surface area contributed by atoms with E-state index < -0.39 is 124 Å². The van der Waals surface area contributed by atoms with Gasteiger partial charge >= 0.3 is 30.0 Å². The highest BCUT2D eigenvalue weighted by Gasteiger charge is 2.77. The lowest BCUT2D eigenvalue weighted by atomic mass is 9.41. The first-order valence-electron chi connectivity index (χ1n) is 23.5. The van der Waals surface area contributed by atoms with Crippen LogP contribution in [0.3, 0.4) is 0 Å². The quantitative estimate of drug-likeness (QED) is 0.114. The van der Waals surface area contributed by atoms with Crippen LogP contribution >= 0.6 is 0 Å². The number of Topliss-reactive ketones (excluding diaryl/α,β-unsaturated/α-hetero) is 1. The summed E-state index contributed by atoms with van der Waals surface area (Å²) in [5, 5.41) is 26.2. The lowest BCUT2D eigenvalue weighted by Gasteiger charge is -2.68. The molecule has 0 aromatic heterocycles. The number of carbonyl (C=O) groups is 7. The predicted octanol–water partition coefficient (Wildman–Crippen LogP) is 7.67. The highest BCUT2D eigenvalue weighted by atomic mass is 16.6. The van der Waals surface area contributed by atoms with Crippen molar-refractivity contribution >= 4 is 41.7 Å². The number of nitrogens with zero attached hydrogens (tertiary/aromatic N) is 1. The highest BCUT2D eigenvalue weighted by molar-refractivity contribution is 6.04. The van der Waals surface area contributed by atoms with Gasteiger partial charge < -0.3 is 33.9 Å². The van der Waals surface area contributed by atoms with Crippen molar-refractivity contribution in [2.45, 2.75) is 142 Å². The van der Waals surface area contributed by atoms with E-state index in [2.05, 4.69) is 0 Å². The van der Waals surface area contributed by atoms with Crippen LogP contribution in [-0.4, -0.2) is 98.0 Å². The molecule has 3 aromatic carbocycles. The molecule has 1 unspecified atom stereocenters. The second-order valence-corrected chi connectivity index (χ2v) is 20.8. The van der Waals surface area contributed by atoms with E-state index in [-0.39, 0.29) is 35.1 Å². The molecule has 69 heavy (non-hydrogen) atoms. The minimum Gasteiger partial charge on any atom is -0.458 e. The Balaban J connectivity index is 1.42. The molecule has 0 spiro atoms. The lowest BCUT2D eigenvalue weighted by Crippen LogP contribution is -2.78. The van der Waals surface area contributed by atoms with Crippen molar-refractivity contribution in [1.82, 2.24) is 4.90 Å². The summed E-state index contributed by atoms with van der Waals surface area (Å²) >= 11 is 0. The van der Waals surface area contributed by atoms with Gasteiger partial charge in [-0.15, -0.1) is 0 Å². The first kappa shape index (κ1) is 50.7. The standard InChI is InChI=1S/C54H63NO14/c1-30-38(66-47(61)31(2)41(34-20-14-11-15-21-34)55(49(63)69-50(5,6)7)46(60)35-22-16-12-17-23-35)29-54(64)45(67-48(62)36-24-18-13-19-25-36)43-52(10,39(58)28-37-26-27-53(37,43)68-33(4)57)44(59)42(65-32(3)56)40(30)51(54,8)9/h11-25,31,37-39,41-43,45,58,64H,26-29H2,1-10H3/t31-,37-,38+,39+,41-,42-,43?,45+,52-,53+,54-/m1/s1. The molecule has 3 aromatic rings. The Morgan fingerprint density at radius 3 is 1.88 bits per heavy atom. The molecular weight excluding hydrogens is 887 g/mol. The van der Waals surface area contributed by atoms with Gasteiger partial charge in [-0.25, -0.2) is 14.5 Å². The van der Waals surface area contributed by atoms with Crippen molar-refractivity contribution in [3.63, 3.8) is 0 Å². The Morgan fingerprint density at radius 2 is 1.36 bits per heavy atom. The molecule has 4 aliphatic rings. The van der Waals surface area contributed by atoms with Crippen molar-refractivity contribution < 1.29 is 67.5 Å². The normalized spacial score (nSPS) is 30.0. The van der Waals surface area contributed by atoms with Crippen LogP contribution in [0.1, 0.15) is 127 Å². The molecule has 3 saturated carbocycles. The molecule has 2 N–H and O–H groups in total. The maximum atomic E-state index is 15.7. The van der Waals surface area contributed by atoms with Gasteiger partial charge in [0.2, 0.25) is 0 Å². The SMILES string of the molecule is CC(=O)O[C@H]1C(=O)[C@@]2(C)C([C@H](OC(=O)c3ccccc3)[C@]3(O)C[C@H](OC(=O)[C@H](C)[C@H](c4ccccc4)N(C(=O)OC(C)(C)C)C(=O)c4ccccc4)C(C)=C1C3(C)C)[C@]1(OC(C)=O)CC[C@@H]1C[C@@H]2O. The van der Waals surface area contributed by atoms with E-state index in [1.807, 2.05) is 0 Å². The molecule has 368 valence electrons. The number of hydrogen-bond acceptors (Lipinski definition) is 14. The number of ketones is 1. The summed E-state index contributed by atoms with van der Waals surface area (Å²) in [6.45, 7) is 15.0. The molecule has 15 nitrogen and oxygen atoms in total. The molecule has 2 bridgehead atoms. The maximum absolute atomic E-state index is 15.7. The van der Waals surface area contributed by atoms with Crippen molar-refractivity contribution in [2.75, 3.05) is 0 Å². The Bertz CT molecular complexity index is 2530. The summed E-state index contributed by atoms with van der Waals surface area (Å²) < 4.78 is 31.0. The van der Waals surface area contributed by atoms with Gasteiger partial charge in [0.1, 0.15) is 29.0 Å². The van der Waals surface area contributed by atoms with Crippen LogP contribution in [0.5, 0.6) is 0 Å². The van der Waals surface area contributed by atoms with Gasteiger partial charge in [-0.05, 0) is 102 Å². The van der Waals surface area contributed by atoms with Crippen LogP contribution in [0.25, 0.3) is 0 Å². The van der Waals surface area contributed by atoms with E-state index >= 15 is 9.59 Å². The Morgan fingerprint density at radius 1 is 0.797 bits per heavy atom. The van der Waals surface area contributed by atoms with Gasteiger partial charge in [-0.1, -0.05) is 80.6 Å². The zero-order valence-corrected chi connectivity index (χ0v) is 40.8. The minimum absolute atomic E-state index is 0.00576. The van der Waals surface area contributed by atoms with Crippen molar-refractivity contribution in [3.05, 3.63) is 119 Å². The summed E-state index contributed by atoms with van der Waals surface area (Å²) in [7, 11) is 0. The number of carbonyl (C=O) groups excluding carboxylic acids is 7. The first-order chi connectivity index (χ1) is 32.3. The summed E-state index contributed by atoms with van der Waals surface area (Å²) in [5.74, 6) is -8.27. The molecule has 11 atom stereocenters. The van der Waals surface area contributed by atoms with Crippen LogP contribution in [0, 0.1) is 28.6 Å². The fourth-order valence-electron chi connectivity index (χ4n) is 11.6. The van der Waals surface area contributed by atoms with Gasteiger partial charge in [-0.3, -0.25) is 24.0 Å². The third-order valence-electron chi connectivity index (χ3n) is 15.1. The van der Waals surface area contributed by atoms with E-state index in [4.69, 9.17) is 23.7 Å². The molecule has 0 heterocycles. The fourth-order valence-corrected chi connectivity index (χ4v) is 11.6. The van der Waals surface area contributed by atoms with Gasteiger partial charge in [0, 0.05) is 37.2 Å². The Hall–Kier alpha value is -6.19. The number of rotatable bonds is 10. The third kappa shape index (κ3) is 8.88. The van der Waals surface area contributed by atoms with Crippen LogP contribution in [0.15, 0.2) is 102 Å². The summed E-state index contributed by atoms with van der Waals surface area (Å²) in [6, 6.07) is 23.1. The van der Waals surface area contributed by atoms with Crippen LogP contribution in [-0.2, 0) is 42.9 Å². The second kappa shape index (κ2) is 18.6. The lowest BCUT2D eigenvalue weighted by molar-refractivity contribution is -0.296. The van der Waals surface area contributed by atoms with E-state index in [0.29, 0.717) is 12.0 Å². The van der Waals surface area contributed by atoms with Gasteiger partial charge in [0.15, 0.2) is 11.9 Å². The van der Waals surface area contributed by atoms with E-state index in [9.17, 15) is 34.2 Å². The number of amides is 2. The largest absolute Gasteiger partial charge is 0.458 e. The smallest absolute Gasteiger partial charge is 0.417 e. The van der Waals surface area contributed by atoms with E-state index in [1.54, 1.807) is 108 Å². The Kier molecular flexibility index (Phi) is 13.7. The van der Waals surface area contributed by atoms with Gasteiger partial charge in [-0.2, -0.15) is 0 Å². The average Bonchev–Trinajstić information content (AvgIpc) is 3.28. The molecule has 7 rings (SSSR count). The number of esters is 4. The summed E-state index contributed by atoms with van der Waals surface area (Å²) in [4.78, 5) is 101. The molecule has 15 heteroatoms. The van der Waals surface area contributed by atoms with Gasteiger partial charge in [0.25, 0.3) is 5.91 Å². The second-order valence-electron chi connectivity index (χ2n) is 20.8. The number of aliphatic hydroxyl groups excluding tert-OH is 1. The van der Waals surface area contributed by atoms with Crippen molar-refractivity contribution in [3.8, 4) is 0 Å². The third-order valence-corrected chi connectivity index (χ3v) is 15.1. The Labute approximate surface area is 402 Å². The molecule has 0 radical (unpaired) electrons. The topological polar surface area (TPSA) is 209 Å². The number of ether oxygens (including phenoxy) is 5. The molecule has 0 saturated heterocycles. The summed E-state index contributed by atoms with van der Waals surface area (Å²) in [5.41, 5.74) is -7.71. The number of fused-ring (bicyclic) bond motifs is 5. The summed E-state index contributed by atoms with van der Waals surface area (Å²) in [6.07, 6.45) is -7.29. The molecule has 4 aliphatic carbocycles. The zero-order valence-electron chi connectivity index (χ0n) is 40.8. The number of benzene rings is 3. The van der Waals surface area contributed by atoms with E-state index in [0.717, 1.165) is 11.8 Å². The monoisotopic (exact) mass is 949 g/mol. The van der Waals surface area contributed by atoms with Crippen LogP contribution in [0.4, 0.5) is 4.79 Å². The number of hydrogen-bond donors (Lipinski definition) is 2. The average molecular weight is 950 g/mol. The molecule has 3 fully saturated rings. The first-order valence-corrected chi connectivity index (χ1v) is 23.5. The van der Waals surface area contributed by atoms with Crippen molar-refractivity contribution in [1.29, 1.82) is 0 Å². The fraction of sp³-hybridized carbons (Fsp3) is 0.500. The van der Waals surface area contributed by atoms with Gasteiger partial charge in [0.05, 0.1) is 35.0 Å². The molecular formula is C54H63NO14. The van der Waals surface area contributed by atoms with Crippen LogP contribution in [0.2, 0.25) is 0 Å². The van der Waals surface area contributed by atoms with Crippen molar-refractivity contribution in [2.24, 2.45) is 28.6 Å². The highest BCUT2D eigenvalue weighted by Crippen LogP contribution is 2.67. The maximum Gasteiger partial charge on any atom is 0.417 e. The number of aliphatic hydroxyl groups is 2. The number of imide groups is 1. The van der Waals surface area contributed by atoms with E-state index in [1.165, 1.54) is 45.0 Å². The molecule has 2 amide bonds. The van der Waals surface area contributed by atoms with Crippen LogP contribution < -0.4 is 0 Å². The zero-order chi connectivity index (χ0) is 50.6. The molecule has 0 aliphatic heterocycles. The predicted molar refractivity (Wildman–Crippen MR) is 249 cm³/mol.